The maximum Gasteiger partial charge on any atom is 0.303 e. The van der Waals surface area contributed by atoms with Gasteiger partial charge in [0, 0.05) is 18.7 Å². The number of benzene rings is 1. The molecule has 0 spiro atoms. The van der Waals surface area contributed by atoms with Gasteiger partial charge in [0.2, 0.25) is 5.91 Å². The monoisotopic (exact) mass is 278 g/mol. The number of nitrogens with one attached hydrogen (secondary N) is 1. The Morgan fingerprint density at radius 2 is 1.80 bits per heavy atom. The number of hydrogen-bond acceptors (Lipinski definition) is 3. The molecular formula is C15H22N2O3. The predicted octanol–water partition coefficient (Wildman–Crippen LogP) is 1.92. The fourth-order valence-electron chi connectivity index (χ4n) is 1.85. The van der Waals surface area contributed by atoms with Crippen molar-refractivity contribution in [3.63, 3.8) is 0 Å². The van der Waals surface area contributed by atoms with E-state index in [1.807, 2.05) is 26.0 Å². The third-order valence-electron chi connectivity index (χ3n) is 3.30. The van der Waals surface area contributed by atoms with Crippen LogP contribution in [0.25, 0.3) is 0 Å². The van der Waals surface area contributed by atoms with Gasteiger partial charge in [-0.1, -0.05) is 12.1 Å². The van der Waals surface area contributed by atoms with Crippen molar-refractivity contribution in [3.05, 3.63) is 29.8 Å². The SMILES string of the molecule is CC(C)(C(=O)NCCCCC(=O)O)c1ccc(N)cc1. The number of rotatable bonds is 7. The topological polar surface area (TPSA) is 92.4 Å². The van der Waals surface area contributed by atoms with Crippen LogP contribution in [0, 0.1) is 0 Å². The lowest BCUT2D eigenvalue weighted by Crippen LogP contribution is -2.40. The second-order valence-corrected chi connectivity index (χ2v) is 5.35. The molecule has 0 saturated heterocycles. The molecule has 20 heavy (non-hydrogen) atoms. The standard InChI is InChI=1S/C15H22N2O3/c1-15(2,11-6-8-12(16)9-7-11)14(20)17-10-4-3-5-13(18)19/h6-9H,3-5,10,16H2,1-2H3,(H,17,20)(H,18,19). The number of carbonyl (C=O) groups excluding carboxylic acids is 1. The molecule has 0 aliphatic heterocycles. The van der Waals surface area contributed by atoms with Crippen LogP contribution in [-0.2, 0) is 15.0 Å². The number of nitrogen functional groups attached to an aromatic ring is 1. The summed E-state index contributed by atoms with van der Waals surface area (Å²) in [5.74, 6) is -0.879. The van der Waals surface area contributed by atoms with Crippen molar-refractivity contribution in [1.29, 1.82) is 0 Å². The number of nitrogens with two attached hydrogens (primary N) is 1. The first kappa shape index (κ1) is 16.0. The highest BCUT2D eigenvalue weighted by Gasteiger charge is 2.29. The van der Waals surface area contributed by atoms with E-state index in [0.717, 1.165) is 5.56 Å². The zero-order chi connectivity index (χ0) is 15.2. The number of amides is 1. The van der Waals surface area contributed by atoms with Crippen LogP contribution in [0.1, 0.15) is 38.7 Å². The second-order valence-electron chi connectivity index (χ2n) is 5.35. The third kappa shape index (κ3) is 4.57. The quantitative estimate of drug-likeness (QED) is 0.525. The molecule has 110 valence electrons. The Balaban J connectivity index is 2.48. The van der Waals surface area contributed by atoms with Crippen molar-refractivity contribution in [2.45, 2.75) is 38.5 Å². The Kier molecular flexibility index (Phi) is 5.55. The Morgan fingerprint density at radius 3 is 2.35 bits per heavy atom. The van der Waals surface area contributed by atoms with Gasteiger partial charge < -0.3 is 16.2 Å². The van der Waals surface area contributed by atoms with Gasteiger partial charge in [0.25, 0.3) is 0 Å². The number of unbranched alkanes of at least 4 members (excludes halogenated alkanes) is 1. The van der Waals surface area contributed by atoms with E-state index in [1.54, 1.807) is 12.1 Å². The molecule has 0 heterocycles. The molecule has 0 saturated carbocycles. The van der Waals surface area contributed by atoms with Gasteiger partial charge in [0.05, 0.1) is 5.41 Å². The lowest BCUT2D eigenvalue weighted by Gasteiger charge is -2.24. The number of carboxylic acid groups (broad SMARTS) is 1. The van der Waals surface area contributed by atoms with Crippen LogP contribution in [0.3, 0.4) is 0 Å². The van der Waals surface area contributed by atoms with Crippen LogP contribution in [0.5, 0.6) is 0 Å². The summed E-state index contributed by atoms with van der Waals surface area (Å²) >= 11 is 0. The number of anilines is 1. The molecule has 0 radical (unpaired) electrons. The van der Waals surface area contributed by atoms with Crippen molar-refractivity contribution in [3.8, 4) is 0 Å². The van der Waals surface area contributed by atoms with Gasteiger partial charge >= 0.3 is 5.97 Å². The van der Waals surface area contributed by atoms with E-state index in [9.17, 15) is 9.59 Å². The van der Waals surface area contributed by atoms with E-state index < -0.39 is 11.4 Å². The Bertz CT molecular complexity index is 467. The Labute approximate surface area is 119 Å². The molecule has 5 nitrogen and oxygen atoms in total. The van der Waals surface area contributed by atoms with Crippen molar-refractivity contribution in [1.82, 2.24) is 5.32 Å². The summed E-state index contributed by atoms with van der Waals surface area (Å²) in [6.07, 6.45) is 1.37. The van der Waals surface area contributed by atoms with Crippen LogP contribution in [0.2, 0.25) is 0 Å². The molecule has 0 aromatic heterocycles. The van der Waals surface area contributed by atoms with Gasteiger partial charge in [-0.05, 0) is 44.4 Å². The predicted molar refractivity (Wildman–Crippen MR) is 78.4 cm³/mol. The van der Waals surface area contributed by atoms with E-state index in [-0.39, 0.29) is 12.3 Å². The highest BCUT2D eigenvalue weighted by Crippen LogP contribution is 2.24. The highest BCUT2D eigenvalue weighted by molar-refractivity contribution is 5.87. The average Bonchev–Trinajstić information content (AvgIpc) is 2.38. The van der Waals surface area contributed by atoms with Gasteiger partial charge in [-0.3, -0.25) is 9.59 Å². The van der Waals surface area contributed by atoms with Crippen LogP contribution in [-0.4, -0.2) is 23.5 Å². The lowest BCUT2D eigenvalue weighted by atomic mass is 9.83. The van der Waals surface area contributed by atoms with Gasteiger partial charge in [0.15, 0.2) is 0 Å². The Morgan fingerprint density at radius 1 is 1.20 bits per heavy atom. The Hall–Kier alpha value is -2.04. The zero-order valence-corrected chi connectivity index (χ0v) is 12.0. The molecular weight excluding hydrogens is 256 g/mol. The molecule has 0 fully saturated rings. The van der Waals surface area contributed by atoms with E-state index in [0.29, 0.717) is 25.1 Å². The summed E-state index contributed by atoms with van der Waals surface area (Å²) in [5.41, 5.74) is 6.56. The van der Waals surface area contributed by atoms with E-state index in [4.69, 9.17) is 10.8 Å². The van der Waals surface area contributed by atoms with E-state index in [2.05, 4.69) is 5.32 Å². The lowest BCUT2D eigenvalue weighted by molar-refractivity contribution is -0.137. The maximum absolute atomic E-state index is 12.2. The first-order valence-electron chi connectivity index (χ1n) is 6.70. The summed E-state index contributed by atoms with van der Waals surface area (Å²) in [5, 5.41) is 11.4. The molecule has 0 unspecified atom stereocenters. The molecule has 1 aromatic carbocycles. The maximum atomic E-state index is 12.2. The first-order valence-corrected chi connectivity index (χ1v) is 6.70. The smallest absolute Gasteiger partial charge is 0.303 e. The summed E-state index contributed by atoms with van der Waals surface area (Å²) in [7, 11) is 0. The summed E-state index contributed by atoms with van der Waals surface area (Å²) in [6.45, 7) is 4.20. The number of hydrogen-bond donors (Lipinski definition) is 3. The molecule has 1 amide bonds. The molecule has 5 heteroatoms. The normalized spacial score (nSPS) is 11.1. The summed E-state index contributed by atoms with van der Waals surface area (Å²) < 4.78 is 0. The van der Waals surface area contributed by atoms with Gasteiger partial charge in [-0.2, -0.15) is 0 Å². The number of carboxylic acids is 1. The van der Waals surface area contributed by atoms with Gasteiger partial charge in [0.1, 0.15) is 0 Å². The minimum atomic E-state index is -0.807. The van der Waals surface area contributed by atoms with Crippen molar-refractivity contribution in [2.75, 3.05) is 12.3 Å². The summed E-state index contributed by atoms with van der Waals surface area (Å²) in [6, 6.07) is 7.24. The average molecular weight is 278 g/mol. The van der Waals surface area contributed by atoms with Gasteiger partial charge in [-0.15, -0.1) is 0 Å². The fraction of sp³-hybridized carbons (Fsp3) is 0.467. The molecule has 1 rings (SSSR count). The van der Waals surface area contributed by atoms with Gasteiger partial charge in [-0.25, -0.2) is 0 Å². The van der Waals surface area contributed by atoms with Crippen LogP contribution in [0.15, 0.2) is 24.3 Å². The third-order valence-corrected chi connectivity index (χ3v) is 3.30. The molecule has 0 bridgehead atoms. The molecule has 4 N–H and O–H groups in total. The molecule has 1 aromatic rings. The minimum absolute atomic E-state index is 0.0717. The highest BCUT2D eigenvalue weighted by atomic mass is 16.4. The largest absolute Gasteiger partial charge is 0.481 e. The van der Waals surface area contributed by atoms with Crippen molar-refractivity contribution >= 4 is 17.6 Å². The van der Waals surface area contributed by atoms with Crippen LogP contribution >= 0.6 is 0 Å². The van der Waals surface area contributed by atoms with Crippen LogP contribution in [0.4, 0.5) is 5.69 Å². The van der Waals surface area contributed by atoms with Crippen molar-refractivity contribution < 1.29 is 14.7 Å². The molecule has 0 atom stereocenters. The summed E-state index contributed by atoms with van der Waals surface area (Å²) in [4.78, 5) is 22.6. The number of carbonyl (C=O) groups is 2. The van der Waals surface area contributed by atoms with Crippen LogP contribution < -0.4 is 11.1 Å². The van der Waals surface area contributed by atoms with Crippen molar-refractivity contribution in [2.24, 2.45) is 0 Å². The zero-order valence-electron chi connectivity index (χ0n) is 12.0. The fourth-order valence-corrected chi connectivity index (χ4v) is 1.85. The molecule has 0 aliphatic rings. The number of aliphatic carboxylic acids is 1. The van der Waals surface area contributed by atoms with E-state index >= 15 is 0 Å². The first-order chi connectivity index (χ1) is 9.34. The minimum Gasteiger partial charge on any atom is -0.481 e. The van der Waals surface area contributed by atoms with E-state index in [1.165, 1.54) is 0 Å². The molecule has 0 aliphatic carbocycles. The second kappa shape index (κ2) is 6.93.